The van der Waals surface area contributed by atoms with Crippen LogP contribution in [0.3, 0.4) is 0 Å². The number of rotatable bonds is 5. The van der Waals surface area contributed by atoms with E-state index in [4.69, 9.17) is 11.6 Å². The van der Waals surface area contributed by atoms with Crippen LogP contribution in [-0.4, -0.2) is 47.9 Å². The molecule has 2 fully saturated rings. The number of nitrogens with zero attached hydrogens (tertiary/aromatic N) is 3. The molecule has 0 radical (unpaired) electrons. The number of amides is 2. The third-order valence-electron chi connectivity index (χ3n) is 5.93. The van der Waals surface area contributed by atoms with Gasteiger partial charge in [-0.15, -0.1) is 0 Å². The van der Waals surface area contributed by atoms with Crippen molar-refractivity contribution in [1.82, 2.24) is 15.2 Å². The first-order valence-corrected chi connectivity index (χ1v) is 11.0. The van der Waals surface area contributed by atoms with E-state index in [1.54, 1.807) is 12.3 Å². The minimum Gasteiger partial charge on any atom is -0.357 e. The number of hydrogen-bond donors (Lipinski definition) is 1. The van der Waals surface area contributed by atoms with E-state index in [9.17, 15) is 9.59 Å². The van der Waals surface area contributed by atoms with Crippen LogP contribution in [-0.2, 0) is 11.3 Å². The molecular formula is C23H27ClN4O2. The van der Waals surface area contributed by atoms with E-state index in [1.165, 1.54) is 0 Å². The van der Waals surface area contributed by atoms with E-state index in [-0.39, 0.29) is 17.7 Å². The fourth-order valence-electron chi connectivity index (χ4n) is 4.18. The third-order valence-corrected chi connectivity index (χ3v) is 6.17. The highest BCUT2D eigenvalue weighted by molar-refractivity contribution is 6.30. The largest absolute Gasteiger partial charge is 0.357 e. The lowest BCUT2D eigenvalue weighted by Crippen LogP contribution is -2.40. The molecule has 158 valence electrons. The number of aromatic nitrogens is 1. The number of carbonyl (C=O) groups is 2. The Balaban J connectivity index is 1.30. The normalized spacial score (nSPS) is 17.2. The SMILES string of the molecule is O=C(NCc1cccc(Cl)c1)C1CCN(c2cc(C(=O)N3CCCC3)ccn2)CC1. The first-order valence-electron chi connectivity index (χ1n) is 10.6. The lowest BCUT2D eigenvalue weighted by atomic mass is 9.95. The number of anilines is 1. The fourth-order valence-corrected chi connectivity index (χ4v) is 4.39. The molecule has 30 heavy (non-hydrogen) atoms. The predicted molar refractivity (Wildman–Crippen MR) is 118 cm³/mol. The van der Waals surface area contributed by atoms with Gasteiger partial charge in [-0.1, -0.05) is 23.7 Å². The highest BCUT2D eigenvalue weighted by Gasteiger charge is 2.26. The average Bonchev–Trinajstić information content (AvgIpc) is 3.32. The Morgan fingerprint density at radius 2 is 1.83 bits per heavy atom. The summed E-state index contributed by atoms with van der Waals surface area (Å²) in [6.45, 7) is 3.67. The summed E-state index contributed by atoms with van der Waals surface area (Å²) >= 11 is 6.00. The van der Waals surface area contributed by atoms with E-state index in [0.29, 0.717) is 17.1 Å². The van der Waals surface area contributed by atoms with Crippen molar-refractivity contribution in [3.63, 3.8) is 0 Å². The molecule has 0 unspecified atom stereocenters. The predicted octanol–water partition coefficient (Wildman–Crippen LogP) is 3.50. The second kappa shape index (κ2) is 9.47. The molecule has 2 aliphatic rings. The minimum atomic E-state index is -0.00477. The number of likely N-dealkylation sites (tertiary alicyclic amines) is 1. The van der Waals surface area contributed by atoms with Crippen molar-refractivity contribution in [1.29, 1.82) is 0 Å². The smallest absolute Gasteiger partial charge is 0.254 e. The Kier molecular flexibility index (Phi) is 6.53. The van der Waals surface area contributed by atoms with Gasteiger partial charge in [-0.3, -0.25) is 9.59 Å². The first kappa shape index (κ1) is 20.7. The van der Waals surface area contributed by atoms with Crippen LogP contribution < -0.4 is 10.2 Å². The molecule has 0 bridgehead atoms. The number of halogens is 1. The lowest BCUT2D eigenvalue weighted by molar-refractivity contribution is -0.125. The summed E-state index contributed by atoms with van der Waals surface area (Å²) in [7, 11) is 0. The lowest BCUT2D eigenvalue weighted by Gasteiger charge is -2.32. The molecule has 2 aromatic rings. The number of benzene rings is 1. The highest BCUT2D eigenvalue weighted by atomic mass is 35.5. The Morgan fingerprint density at radius 1 is 1.07 bits per heavy atom. The zero-order valence-electron chi connectivity index (χ0n) is 17.0. The van der Waals surface area contributed by atoms with Crippen LogP contribution in [0, 0.1) is 5.92 Å². The van der Waals surface area contributed by atoms with Crippen LogP contribution >= 0.6 is 11.6 Å². The van der Waals surface area contributed by atoms with Crippen LogP contribution in [0.2, 0.25) is 5.02 Å². The summed E-state index contributed by atoms with van der Waals surface area (Å²) in [6, 6.07) is 11.2. The number of pyridine rings is 1. The van der Waals surface area contributed by atoms with Crippen molar-refractivity contribution >= 4 is 29.2 Å². The molecule has 2 aliphatic heterocycles. The van der Waals surface area contributed by atoms with E-state index in [0.717, 1.165) is 63.2 Å². The summed E-state index contributed by atoms with van der Waals surface area (Å²) in [4.78, 5) is 33.8. The van der Waals surface area contributed by atoms with Crippen molar-refractivity contribution < 1.29 is 9.59 Å². The van der Waals surface area contributed by atoms with Gasteiger partial charge in [0, 0.05) is 55.4 Å². The van der Waals surface area contributed by atoms with Crippen molar-refractivity contribution in [3.05, 3.63) is 58.7 Å². The standard InChI is InChI=1S/C23H27ClN4O2/c24-20-5-3-4-17(14-20)16-26-22(29)18-7-12-27(13-8-18)21-15-19(6-9-25-21)23(30)28-10-1-2-11-28/h3-6,9,14-15,18H,1-2,7-8,10-13,16H2,(H,26,29). The van der Waals surface area contributed by atoms with Crippen molar-refractivity contribution in [2.45, 2.75) is 32.2 Å². The first-order chi connectivity index (χ1) is 14.6. The van der Waals surface area contributed by atoms with Crippen molar-refractivity contribution in [3.8, 4) is 0 Å². The third kappa shape index (κ3) is 4.93. The second-order valence-electron chi connectivity index (χ2n) is 8.01. The molecule has 0 spiro atoms. The zero-order valence-corrected chi connectivity index (χ0v) is 17.8. The number of carbonyl (C=O) groups excluding carboxylic acids is 2. The Hall–Kier alpha value is -2.60. The second-order valence-corrected chi connectivity index (χ2v) is 8.45. The molecule has 1 N–H and O–H groups in total. The summed E-state index contributed by atoms with van der Waals surface area (Å²) in [5.74, 6) is 0.986. The van der Waals surface area contributed by atoms with Gasteiger partial charge in [0.15, 0.2) is 0 Å². The summed E-state index contributed by atoms with van der Waals surface area (Å²) in [6.07, 6.45) is 5.41. The molecule has 2 saturated heterocycles. The van der Waals surface area contributed by atoms with E-state index in [2.05, 4.69) is 15.2 Å². The Morgan fingerprint density at radius 3 is 2.57 bits per heavy atom. The summed E-state index contributed by atoms with van der Waals surface area (Å²) in [5.41, 5.74) is 1.69. The van der Waals surface area contributed by atoms with Crippen molar-refractivity contribution in [2.75, 3.05) is 31.1 Å². The molecule has 3 heterocycles. The minimum absolute atomic E-state index is 0.00477. The van der Waals surface area contributed by atoms with Crippen LogP contribution in [0.1, 0.15) is 41.6 Å². The Bertz CT molecular complexity index is 906. The van der Waals surface area contributed by atoms with Gasteiger partial charge in [-0.05, 0) is 55.5 Å². The quantitative estimate of drug-likeness (QED) is 0.794. The molecule has 0 saturated carbocycles. The van der Waals surface area contributed by atoms with Gasteiger partial charge in [-0.2, -0.15) is 0 Å². The van der Waals surface area contributed by atoms with Crippen LogP contribution in [0.5, 0.6) is 0 Å². The molecule has 6 nitrogen and oxygen atoms in total. The van der Waals surface area contributed by atoms with Gasteiger partial charge in [0.05, 0.1) is 0 Å². The molecular weight excluding hydrogens is 400 g/mol. The van der Waals surface area contributed by atoms with Crippen LogP contribution in [0.15, 0.2) is 42.6 Å². The van der Waals surface area contributed by atoms with E-state index < -0.39 is 0 Å². The van der Waals surface area contributed by atoms with Gasteiger partial charge in [0.25, 0.3) is 5.91 Å². The number of nitrogens with one attached hydrogen (secondary N) is 1. The van der Waals surface area contributed by atoms with Gasteiger partial charge in [0.1, 0.15) is 5.82 Å². The molecule has 0 aliphatic carbocycles. The topological polar surface area (TPSA) is 65.5 Å². The zero-order chi connectivity index (χ0) is 20.9. The van der Waals surface area contributed by atoms with Crippen molar-refractivity contribution in [2.24, 2.45) is 5.92 Å². The fraction of sp³-hybridized carbons (Fsp3) is 0.435. The highest BCUT2D eigenvalue weighted by Crippen LogP contribution is 2.24. The molecule has 7 heteroatoms. The summed E-state index contributed by atoms with van der Waals surface area (Å²) in [5, 5.41) is 3.70. The average molecular weight is 427 g/mol. The summed E-state index contributed by atoms with van der Waals surface area (Å²) < 4.78 is 0. The van der Waals surface area contributed by atoms with Crippen LogP contribution in [0.4, 0.5) is 5.82 Å². The maximum absolute atomic E-state index is 12.7. The molecule has 0 atom stereocenters. The molecule has 1 aromatic heterocycles. The van der Waals surface area contributed by atoms with Gasteiger partial charge >= 0.3 is 0 Å². The van der Waals surface area contributed by atoms with E-state index >= 15 is 0 Å². The van der Waals surface area contributed by atoms with E-state index in [1.807, 2.05) is 35.2 Å². The number of hydrogen-bond acceptors (Lipinski definition) is 4. The Labute approximate surface area is 182 Å². The monoisotopic (exact) mass is 426 g/mol. The molecule has 2 amide bonds. The van der Waals surface area contributed by atoms with Gasteiger partial charge < -0.3 is 15.1 Å². The maximum Gasteiger partial charge on any atom is 0.254 e. The van der Waals surface area contributed by atoms with Gasteiger partial charge in [0.2, 0.25) is 5.91 Å². The number of piperidine rings is 1. The maximum atomic E-state index is 12.7. The van der Waals surface area contributed by atoms with Gasteiger partial charge in [-0.25, -0.2) is 4.98 Å². The molecule has 4 rings (SSSR count). The van der Waals surface area contributed by atoms with Crippen LogP contribution in [0.25, 0.3) is 0 Å². The molecule has 1 aromatic carbocycles.